The molecule has 0 bridgehead atoms. The lowest BCUT2D eigenvalue weighted by Gasteiger charge is -2.45. The van der Waals surface area contributed by atoms with Crippen LogP contribution in [0.5, 0.6) is 0 Å². The second-order valence-electron chi connectivity index (χ2n) is 5.79. The molecule has 6 heteroatoms. The molecular formula is C16H23ClN2O3. The Hall–Kier alpha value is -1.14. The number of morpholine rings is 1. The minimum Gasteiger partial charge on any atom is -0.381 e. The van der Waals surface area contributed by atoms with Crippen molar-refractivity contribution in [1.82, 2.24) is 4.90 Å². The Bertz CT molecular complexity index is 486. The number of amides is 1. The van der Waals surface area contributed by atoms with Gasteiger partial charge in [-0.1, -0.05) is 30.3 Å². The van der Waals surface area contributed by atoms with Crippen LogP contribution in [0.25, 0.3) is 0 Å². The summed E-state index contributed by atoms with van der Waals surface area (Å²) in [6.07, 6.45) is 1.69. The molecule has 1 aromatic carbocycles. The van der Waals surface area contributed by atoms with E-state index in [-0.39, 0.29) is 23.9 Å². The molecule has 2 saturated heterocycles. The Balaban J connectivity index is 0.00000176. The molecule has 1 atom stereocenters. The van der Waals surface area contributed by atoms with E-state index in [1.807, 2.05) is 35.2 Å². The quantitative estimate of drug-likeness (QED) is 0.895. The second kappa shape index (κ2) is 7.42. The van der Waals surface area contributed by atoms with E-state index in [0.717, 1.165) is 18.4 Å². The first-order chi connectivity index (χ1) is 10.2. The van der Waals surface area contributed by atoms with Gasteiger partial charge in [-0.2, -0.15) is 0 Å². The molecule has 5 nitrogen and oxygen atoms in total. The van der Waals surface area contributed by atoms with Gasteiger partial charge in [0.25, 0.3) is 0 Å². The highest BCUT2D eigenvalue weighted by molar-refractivity contribution is 5.85. The summed E-state index contributed by atoms with van der Waals surface area (Å²) in [5.74, 6) is -0.0182. The van der Waals surface area contributed by atoms with Gasteiger partial charge < -0.3 is 20.1 Å². The first kappa shape index (κ1) is 17.2. The minimum atomic E-state index is -0.596. The van der Waals surface area contributed by atoms with Crippen molar-refractivity contribution in [2.75, 3.05) is 32.9 Å². The topological polar surface area (TPSA) is 64.8 Å². The standard InChI is InChI=1S/C16H22N2O3.ClH/c17-14(13-4-2-1-3-5-13)15(19)18-8-11-21-16(12-18)6-9-20-10-7-16;/h1-5,14H,6-12,17H2;1H. The van der Waals surface area contributed by atoms with Crippen LogP contribution in [0, 0.1) is 0 Å². The molecule has 1 amide bonds. The highest BCUT2D eigenvalue weighted by Crippen LogP contribution is 2.30. The van der Waals surface area contributed by atoms with E-state index in [0.29, 0.717) is 32.9 Å². The fourth-order valence-electron chi connectivity index (χ4n) is 3.08. The van der Waals surface area contributed by atoms with Crippen molar-refractivity contribution in [2.24, 2.45) is 5.73 Å². The number of rotatable bonds is 2. The minimum absolute atomic E-state index is 0. The Labute approximate surface area is 137 Å². The van der Waals surface area contributed by atoms with E-state index in [1.165, 1.54) is 0 Å². The monoisotopic (exact) mass is 326 g/mol. The van der Waals surface area contributed by atoms with E-state index in [9.17, 15) is 4.79 Å². The summed E-state index contributed by atoms with van der Waals surface area (Å²) in [4.78, 5) is 14.5. The van der Waals surface area contributed by atoms with Gasteiger partial charge in [0, 0.05) is 39.1 Å². The van der Waals surface area contributed by atoms with Crippen molar-refractivity contribution in [3.05, 3.63) is 35.9 Å². The van der Waals surface area contributed by atoms with Crippen LogP contribution in [0.3, 0.4) is 0 Å². The summed E-state index contributed by atoms with van der Waals surface area (Å²) in [6.45, 7) is 3.21. The first-order valence-corrected chi connectivity index (χ1v) is 7.51. The van der Waals surface area contributed by atoms with Gasteiger partial charge in [0.05, 0.1) is 12.2 Å². The molecule has 22 heavy (non-hydrogen) atoms. The summed E-state index contributed by atoms with van der Waals surface area (Å²) < 4.78 is 11.4. The van der Waals surface area contributed by atoms with Gasteiger partial charge in [0.2, 0.25) is 5.91 Å². The third-order valence-electron chi connectivity index (χ3n) is 4.39. The van der Waals surface area contributed by atoms with Crippen LogP contribution in [0.15, 0.2) is 30.3 Å². The molecule has 2 heterocycles. The van der Waals surface area contributed by atoms with Crippen LogP contribution < -0.4 is 5.73 Å². The Kier molecular flexibility index (Phi) is 5.81. The van der Waals surface area contributed by atoms with Crippen LogP contribution in [-0.2, 0) is 14.3 Å². The summed E-state index contributed by atoms with van der Waals surface area (Å²) in [6, 6.07) is 8.93. The van der Waals surface area contributed by atoms with Crippen molar-refractivity contribution in [1.29, 1.82) is 0 Å². The summed E-state index contributed by atoms with van der Waals surface area (Å²) in [5, 5.41) is 0. The maximum Gasteiger partial charge on any atom is 0.244 e. The largest absolute Gasteiger partial charge is 0.381 e. The molecule has 2 aliphatic heterocycles. The van der Waals surface area contributed by atoms with E-state index in [1.54, 1.807) is 0 Å². The average molecular weight is 327 g/mol. The van der Waals surface area contributed by atoms with Gasteiger partial charge in [0.15, 0.2) is 0 Å². The van der Waals surface area contributed by atoms with E-state index in [4.69, 9.17) is 15.2 Å². The van der Waals surface area contributed by atoms with Gasteiger partial charge in [-0.3, -0.25) is 4.79 Å². The SMILES string of the molecule is Cl.NC(C(=O)N1CCOC2(CCOCC2)C1)c1ccccc1. The summed E-state index contributed by atoms with van der Waals surface area (Å²) >= 11 is 0. The second-order valence-corrected chi connectivity index (χ2v) is 5.79. The molecule has 0 saturated carbocycles. The van der Waals surface area contributed by atoms with E-state index < -0.39 is 6.04 Å². The number of nitrogens with zero attached hydrogens (tertiary/aromatic N) is 1. The van der Waals surface area contributed by atoms with Crippen LogP contribution in [-0.4, -0.2) is 49.3 Å². The first-order valence-electron chi connectivity index (χ1n) is 7.51. The average Bonchev–Trinajstić information content (AvgIpc) is 2.55. The Morgan fingerprint density at radius 3 is 2.55 bits per heavy atom. The molecule has 1 aromatic rings. The molecule has 1 unspecified atom stereocenters. The zero-order chi connectivity index (χ0) is 14.7. The number of benzene rings is 1. The number of halogens is 1. The number of hydrogen-bond acceptors (Lipinski definition) is 4. The summed E-state index contributed by atoms with van der Waals surface area (Å²) in [7, 11) is 0. The number of hydrogen-bond donors (Lipinski definition) is 1. The van der Waals surface area contributed by atoms with Crippen LogP contribution >= 0.6 is 12.4 Å². The van der Waals surface area contributed by atoms with Gasteiger partial charge in [0.1, 0.15) is 6.04 Å². The predicted octanol–water partition coefficient (Wildman–Crippen LogP) is 1.52. The lowest BCUT2D eigenvalue weighted by atomic mass is 9.91. The van der Waals surface area contributed by atoms with Crippen LogP contribution in [0.4, 0.5) is 0 Å². The molecule has 122 valence electrons. The summed E-state index contributed by atoms with van der Waals surface area (Å²) in [5.41, 5.74) is 6.75. The maximum atomic E-state index is 12.6. The van der Waals surface area contributed by atoms with Gasteiger partial charge >= 0.3 is 0 Å². The third-order valence-corrected chi connectivity index (χ3v) is 4.39. The fourth-order valence-corrected chi connectivity index (χ4v) is 3.08. The predicted molar refractivity (Wildman–Crippen MR) is 85.9 cm³/mol. The van der Waals surface area contributed by atoms with Gasteiger partial charge in [-0.25, -0.2) is 0 Å². The zero-order valence-corrected chi connectivity index (χ0v) is 13.4. The van der Waals surface area contributed by atoms with Crippen molar-refractivity contribution < 1.29 is 14.3 Å². The lowest BCUT2D eigenvalue weighted by Crippen LogP contribution is -2.57. The molecular weight excluding hydrogens is 304 g/mol. The highest BCUT2D eigenvalue weighted by atomic mass is 35.5. The van der Waals surface area contributed by atoms with E-state index >= 15 is 0 Å². The molecule has 0 aromatic heterocycles. The molecule has 3 rings (SSSR count). The Morgan fingerprint density at radius 1 is 1.18 bits per heavy atom. The lowest BCUT2D eigenvalue weighted by molar-refractivity contribution is -0.168. The van der Waals surface area contributed by atoms with Crippen LogP contribution in [0.2, 0.25) is 0 Å². The fraction of sp³-hybridized carbons (Fsp3) is 0.562. The number of ether oxygens (including phenoxy) is 2. The van der Waals surface area contributed by atoms with Crippen molar-refractivity contribution >= 4 is 18.3 Å². The highest BCUT2D eigenvalue weighted by Gasteiger charge is 2.40. The smallest absolute Gasteiger partial charge is 0.244 e. The molecule has 0 radical (unpaired) electrons. The number of nitrogens with two attached hydrogens (primary N) is 1. The normalized spacial score (nSPS) is 22.0. The maximum absolute atomic E-state index is 12.6. The molecule has 2 N–H and O–H groups in total. The molecule has 2 fully saturated rings. The molecule has 0 aliphatic carbocycles. The molecule has 1 spiro atoms. The van der Waals surface area contributed by atoms with Crippen LogP contribution in [0.1, 0.15) is 24.4 Å². The zero-order valence-electron chi connectivity index (χ0n) is 12.6. The number of carbonyl (C=O) groups is 1. The molecule has 2 aliphatic rings. The van der Waals surface area contributed by atoms with Gasteiger partial charge in [-0.05, 0) is 5.56 Å². The third kappa shape index (κ3) is 3.60. The number of carbonyl (C=O) groups excluding carboxylic acids is 1. The Morgan fingerprint density at radius 2 is 1.86 bits per heavy atom. The van der Waals surface area contributed by atoms with Crippen molar-refractivity contribution in [2.45, 2.75) is 24.5 Å². The van der Waals surface area contributed by atoms with Gasteiger partial charge in [-0.15, -0.1) is 12.4 Å². The van der Waals surface area contributed by atoms with Crippen molar-refractivity contribution in [3.8, 4) is 0 Å². The van der Waals surface area contributed by atoms with E-state index in [2.05, 4.69) is 0 Å². The van der Waals surface area contributed by atoms with Crippen molar-refractivity contribution in [3.63, 3.8) is 0 Å².